The van der Waals surface area contributed by atoms with Gasteiger partial charge in [-0.25, -0.2) is 0 Å². The van der Waals surface area contributed by atoms with Gasteiger partial charge in [0.05, 0.1) is 12.1 Å². The van der Waals surface area contributed by atoms with Crippen LogP contribution in [0.4, 0.5) is 0 Å². The second kappa shape index (κ2) is 6.54. The minimum absolute atomic E-state index is 0.0144. The summed E-state index contributed by atoms with van der Waals surface area (Å²) in [4.78, 5) is 25.1. The van der Waals surface area contributed by atoms with Crippen LogP contribution in [0.3, 0.4) is 0 Å². The fraction of sp³-hybridized carbons (Fsp3) is 0.312. The molecule has 1 aromatic carbocycles. The SMILES string of the molecule is O=C(O)CC1CCCN1C(=O)c1cc(-c2ccc(Br)cc2)n[nH]1. The highest BCUT2D eigenvalue weighted by atomic mass is 79.9. The van der Waals surface area contributed by atoms with Crippen LogP contribution in [0.1, 0.15) is 29.8 Å². The van der Waals surface area contributed by atoms with Crippen molar-refractivity contribution < 1.29 is 14.7 Å². The minimum Gasteiger partial charge on any atom is -0.481 e. The third-order valence-corrected chi connectivity index (χ3v) is 4.53. The molecular weight excluding hydrogens is 362 g/mol. The number of halogens is 1. The number of hydrogen-bond donors (Lipinski definition) is 2. The van der Waals surface area contributed by atoms with Crippen LogP contribution in [-0.2, 0) is 4.79 Å². The second-order valence-corrected chi connectivity index (χ2v) is 6.48. The number of carboxylic acids is 1. The Morgan fingerprint density at radius 2 is 2.09 bits per heavy atom. The monoisotopic (exact) mass is 377 g/mol. The molecule has 2 heterocycles. The maximum absolute atomic E-state index is 12.6. The first-order valence-corrected chi connectivity index (χ1v) is 8.18. The molecule has 0 aliphatic carbocycles. The van der Waals surface area contributed by atoms with E-state index in [0.29, 0.717) is 17.9 Å². The number of nitrogens with zero attached hydrogens (tertiary/aromatic N) is 2. The zero-order valence-corrected chi connectivity index (χ0v) is 13.9. The number of nitrogens with one attached hydrogen (secondary N) is 1. The smallest absolute Gasteiger partial charge is 0.305 e. The molecule has 1 atom stereocenters. The number of carbonyl (C=O) groups excluding carboxylic acids is 1. The van der Waals surface area contributed by atoms with Crippen LogP contribution in [0, 0.1) is 0 Å². The van der Waals surface area contributed by atoms with E-state index in [4.69, 9.17) is 5.11 Å². The first-order valence-electron chi connectivity index (χ1n) is 7.38. The van der Waals surface area contributed by atoms with Gasteiger partial charge in [-0.05, 0) is 31.0 Å². The molecule has 1 fully saturated rings. The number of amides is 1. The summed E-state index contributed by atoms with van der Waals surface area (Å²) in [7, 11) is 0. The van der Waals surface area contributed by atoms with Gasteiger partial charge in [0.25, 0.3) is 5.91 Å². The Hall–Kier alpha value is -2.15. The number of H-pyrrole nitrogens is 1. The predicted molar refractivity (Wildman–Crippen MR) is 88.0 cm³/mol. The maximum Gasteiger partial charge on any atom is 0.305 e. The lowest BCUT2D eigenvalue weighted by atomic mass is 10.1. The van der Waals surface area contributed by atoms with Crippen molar-refractivity contribution in [2.75, 3.05) is 6.54 Å². The van der Waals surface area contributed by atoms with Gasteiger partial charge < -0.3 is 10.0 Å². The van der Waals surface area contributed by atoms with Crippen molar-refractivity contribution in [1.82, 2.24) is 15.1 Å². The van der Waals surface area contributed by atoms with Crippen LogP contribution in [0.2, 0.25) is 0 Å². The Kier molecular flexibility index (Phi) is 4.47. The normalized spacial score (nSPS) is 17.4. The van der Waals surface area contributed by atoms with E-state index in [9.17, 15) is 9.59 Å². The zero-order valence-electron chi connectivity index (χ0n) is 12.3. The Bertz CT molecular complexity index is 726. The van der Waals surface area contributed by atoms with Gasteiger partial charge >= 0.3 is 5.97 Å². The predicted octanol–water partition coefficient (Wildman–Crippen LogP) is 2.92. The third-order valence-electron chi connectivity index (χ3n) is 4.00. The Labute approximate surface area is 141 Å². The molecule has 23 heavy (non-hydrogen) atoms. The molecule has 6 nitrogen and oxygen atoms in total. The van der Waals surface area contributed by atoms with E-state index in [1.165, 1.54) is 0 Å². The topological polar surface area (TPSA) is 86.3 Å². The quantitative estimate of drug-likeness (QED) is 0.857. The lowest BCUT2D eigenvalue weighted by Crippen LogP contribution is -2.37. The van der Waals surface area contributed by atoms with E-state index in [-0.39, 0.29) is 18.4 Å². The summed E-state index contributed by atoms with van der Waals surface area (Å²) >= 11 is 3.38. The van der Waals surface area contributed by atoms with Crippen molar-refractivity contribution in [3.8, 4) is 11.3 Å². The van der Waals surface area contributed by atoms with Gasteiger partial charge in [-0.1, -0.05) is 28.1 Å². The summed E-state index contributed by atoms with van der Waals surface area (Å²) in [5.41, 5.74) is 1.99. The highest BCUT2D eigenvalue weighted by Crippen LogP contribution is 2.24. The number of rotatable bonds is 4. The van der Waals surface area contributed by atoms with Crippen molar-refractivity contribution in [3.05, 3.63) is 40.5 Å². The molecule has 1 unspecified atom stereocenters. The molecule has 3 rings (SSSR count). The van der Waals surface area contributed by atoms with Crippen molar-refractivity contribution in [2.24, 2.45) is 0 Å². The van der Waals surface area contributed by atoms with Crippen LogP contribution < -0.4 is 0 Å². The summed E-state index contributed by atoms with van der Waals surface area (Å²) in [6.45, 7) is 0.587. The van der Waals surface area contributed by atoms with Crippen LogP contribution in [0.25, 0.3) is 11.3 Å². The first kappa shape index (κ1) is 15.7. The summed E-state index contributed by atoms with van der Waals surface area (Å²) in [6, 6.07) is 9.13. The number of aromatic nitrogens is 2. The minimum atomic E-state index is -0.880. The van der Waals surface area contributed by atoms with Crippen molar-refractivity contribution >= 4 is 27.8 Å². The molecule has 2 aromatic rings. The summed E-state index contributed by atoms with van der Waals surface area (Å²) in [5, 5.41) is 15.9. The molecule has 0 saturated carbocycles. The van der Waals surface area contributed by atoms with Crippen LogP contribution in [0.15, 0.2) is 34.8 Å². The van der Waals surface area contributed by atoms with E-state index < -0.39 is 5.97 Å². The average Bonchev–Trinajstić information content (AvgIpc) is 3.16. The van der Waals surface area contributed by atoms with Crippen LogP contribution in [-0.4, -0.2) is 44.7 Å². The average molecular weight is 378 g/mol. The Balaban J connectivity index is 1.78. The van der Waals surface area contributed by atoms with Gasteiger partial charge in [-0.15, -0.1) is 0 Å². The number of hydrogen-bond acceptors (Lipinski definition) is 3. The number of aliphatic carboxylic acids is 1. The van der Waals surface area contributed by atoms with E-state index in [2.05, 4.69) is 26.1 Å². The van der Waals surface area contributed by atoms with Crippen LogP contribution >= 0.6 is 15.9 Å². The van der Waals surface area contributed by atoms with Crippen molar-refractivity contribution in [3.63, 3.8) is 0 Å². The molecule has 1 amide bonds. The highest BCUT2D eigenvalue weighted by Gasteiger charge is 2.31. The third kappa shape index (κ3) is 3.44. The standard InChI is InChI=1S/C16H16BrN3O3/c17-11-5-3-10(4-6-11)13-9-14(19-18-13)16(23)20-7-1-2-12(20)8-15(21)22/h3-6,9,12H,1-2,7-8H2,(H,18,19)(H,21,22). The number of aromatic amines is 1. The van der Waals surface area contributed by atoms with Gasteiger partial charge in [0.1, 0.15) is 5.69 Å². The van der Waals surface area contributed by atoms with E-state index >= 15 is 0 Å². The zero-order chi connectivity index (χ0) is 16.4. The van der Waals surface area contributed by atoms with Gasteiger partial charge in [-0.2, -0.15) is 5.10 Å². The van der Waals surface area contributed by atoms with Gasteiger partial charge in [0, 0.05) is 22.6 Å². The van der Waals surface area contributed by atoms with Crippen LogP contribution in [0.5, 0.6) is 0 Å². The number of benzene rings is 1. The number of carbonyl (C=O) groups is 2. The van der Waals surface area contributed by atoms with Crippen molar-refractivity contribution in [2.45, 2.75) is 25.3 Å². The van der Waals surface area contributed by atoms with Crippen molar-refractivity contribution in [1.29, 1.82) is 0 Å². The fourth-order valence-corrected chi connectivity index (χ4v) is 3.14. The summed E-state index contributed by atoms with van der Waals surface area (Å²) < 4.78 is 0.974. The first-order chi connectivity index (χ1) is 11.0. The Morgan fingerprint density at radius 1 is 1.35 bits per heavy atom. The number of likely N-dealkylation sites (tertiary alicyclic amines) is 1. The van der Waals surface area contributed by atoms with E-state index in [1.807, 2.05) is 24.3 Å². The molecule has 2 N–H and O–H groups in total. The molecule has 120 valence electrons. The molecule has 1 aromatic heterocycles. The molecule has 0 radical (unpaired) electrons. The molecular formula is C16H16BrN3O3. The molecule has 0 spiro atoms. The van der Waals surface area contributed by atoms with E-state index in [0.717, 1.165) is 22.9 Å². The molecule has 1 aliphatic rings. The highest BCUT2D eigenvalue weighted by molar-refractivity contribution is 9.10. The lowest BCUT2D eigenvalue weighted by Gasteiger charge is -2.22. The maximum atomic E-state index is 12.6. The van der Waals surface area contributed by atoms with Gasteiger partial charge in [0.15, 0.2) is 0 Å². The van der Waals surface area contributed by atoms with E-state index in [1.54, 1.807) is 11.0 Å². The Morgan fingerprint density at radius 3 is 2.78 bits per heavy atom. The summed E-state index contributed by atoms with van der Waals surface area (Å²) in [6.07, 6.45) is 1.54. The molecule has 7 heteroatoms. The summed E-state index contributed by atoms with van der Waals surface area (Å²) in [5.74, 6) is -1.07. The number of carboxylic acid groups (broad SMARTS) is 1. The van der Waals surface area contributed by atoms with Gasteiger partial charge in [0.2, 0.25) is 0 Å². The lowest BCUT2D eigenvalue weighted by molar-refractivity contribution is -0.137. The molecule has 1 aliphatic heterocycles. The van der Waals surface area contributed by atoms with Gasteiger partial charge in [-0.3, -0.25) is 14.7 Å². The molecule has 0 bridgehead atoms. The fourth-order valence-electron chi connectivity index (χ4n) is 2.87. The largest absolute Gasteiger partial charge is 0.481 e. The molecule has 1 saturated heterocycles. The second-order valence-electron chi connectivity index (χ2n) is 5.57.